The molecule has 2 bridgehead atoms. The van der Waals surface area contributed by atoms with Gasteiger partial charge in [-0.05, 0) is 46.5 Å². The van der Waals surface area contributed by atoms with Gasteiger partial charge in [0.05, 0.1) is 4.47 Å². The van der Waals surface area contributed by atoms with Gasteiger partial charge in [0.2, 0.25) is 0 Å². The van der Waals surface area contributed by atoms with Crippen LogP contribution in [-0.4, -0.2) is 27.7 Å². The second kappa shape index (κ2) is 6.32. The number of aromatic nitrogens is 1. The van der Waals surface area contributed by atoms with Crippen LogP contribution >= 0.6 is 31.9 Å². The Balaban J connectivity index is 1.60. The van der Waals surface area contributed by atoms with Gasteiger partial charge in [0.15, 0.2) is 0 Å². The second-order valence-electron chi connectivity index (χ2n) is 6.79. The van der Waals surface area contributed by atoms with Crippen LogP contribution in [0.2, 0.25) is 0 Å². The maximum atomic E-state index is 12.1. The van der Waals surface area contributed by atoms with Gasteiger partial charge in [0.25, 0.3) is 5.56 Å². The normalized spacial score (nSPS) is 23.1. The predicted octanol–water partition coefficient (Wildman–Crippen LogP) is 3.70. The number of hydrogen-bond acceptors (Lipinski definition) is 3. The number of piperidine rings is 1. The first-order valence-electron chi connectivity index (χ1n) is 8.10. The van der Waals surface area contributed by atoms with Crippen LogP contribution in [0.5, 0.6) is 5.75 Å². The summed E-state index contributed by atoms with van der Waals surface area (Å²) in [5.41, 5.74) is 2.19. The van der Waals surface area contributed by atoms with Crippen LogP contribution in [0.1, 0.15) is 23.6 Å². The third kappa shape index (κ3) is 2.95. The monoisotopic (exact) mass is 452 g/mol. The third-order valence-corrected chi connectivity index (χ3v) is 6.12. The molecular weight excluding hydrogens is 436 g/mol. The summed E-state index contributed by atoms with van der Waals surface area (Å²) in [4.78, 5) is 14.5. The van der Waals surface area contributed by atoms with Crippen molar-refractivity contribution >= 4 is 31.9 Å². The van der Waals surface area contributed by atoms with Gasteiger partial charge < -0.3 is 9.67 Å². The fraction of sp³-hybridized carbons (Fsp3) is 0.389. The zero-order chi connectivity index (χ0) is 16.8. The lowest BCUT2D eigenvalue weighted by atomic mass is 9.83. The van der Waals surface area contributed by atoms with Crippen LogP contribution in [0.4, 0.5) is 0 Å². The van der Waals surface area contributed by atoms with Gasteiger partial charge in [-0.15, -0.1) is 0 Å². The molecule has 24 heavy (non-hydrogen) atoms. The van der Waals surface area contributed by atoms with Crippen molar-refractivity contribution in [3.05, 3.63) is 60.9 Å². The molecule has 1 N–H and O–H groups in total. The summed E-state index contributed by atoms with van der Waals surface area (Å²) in [5.74, 6) is 1.20. The molecule has 2 aliphatic heterocycles. The van der Waals surface area contributed by atoms with Gasteiger partial charge >= 0.3 is 0 Å². The summed E-state index contributed by atoms with van der Waals surface area (Å²) in [6.07, 6.45) is 1.15. The number of hydrogen-bond donors (Lipinski definition) is 1. The van der Waals surface area contributed by atoms with E-state index >= 15 is 0 Å². The molecule has 6 heteroatoms. The number of pyridine rings is 1. The molecule has 4 rings (SSSR count). The summed E-state index contributed by atoms with van der Waals surface area (Å²) in [6.45, 7) is 3.40. The lowest BCUT2D eigenvalue weighted by Crippen LogP contribution is -2.46. The Kier molecular flexibility index (Phi) is 4.31. The van der Waals surface area contributed by atoms with E-state index in [1.165, 1.54) is 0 Å². The average Bonchev–Trinajstić information content (AvgIpc) is 2.53. The third-order valence-electron chi connectivity index (χ3n) is 5.06. The SMILES string of the molecule is O=c1cccc2n1C[C@@H]1C[C@H]2CN(Cc2cc(Br)cc(Br)c2O)C1. The van der Waals surface area contributed by atoms with E-state index in [1.807, 2.05) is 22.8 Å². The molecule has 0 spiro atoms. The van der Waals surface area contributed by atoms with Crippen molar-refractivity contribution < 1.29 is 5.11 Å². The molecule has 3 heterocycles. The largest absolute Gasteiger partial charge is 0.506 e. The molecule has 126 valence electrons. The highest BCUT2D eigenvalue weighted by molar-refractivity contribution is 9.11. The Hall–Kier alpha value is -1.11. The Morgan fingerprint density at radius 3 is 2.83 bits per heavy atom. The van der Waals surface area contributed by atoms with Gasteiger partial charge in [0, 0.05) is 53.9 Å². The highest BCUT2D eigenvalue weighted by Crippen LogP contribution is 2.37. The fourth-order valence-corrected chi connectivity index (χ4v) is 5.42. The fourth-order valence-electron chi connectivity index (χ4n) is 4.11. The second-order valence-corrected chi connectivity index (χ2v) is 8.56. The van der Waals surface area contributed by atoms with Crippen LogP contribution in [0.15, 0.2) is 44.1 Å². The van der Waals surface area contributed by atoms with Crippen molar-refractivity contribution in [2.75, 3.05) is 13.1 Å². The number of nitrogens with zero attached hydrogens (tertiary/aromatic N) is 2. The van der Waals surface area contributed by atoms with Crippen molar-refractivity contribution in [3.8, 4) is 5.75 Å². The van der Waals surface area contributed by atoms with Crippen LogP contribution in [0.25, 0.3) is 0 Å². The molecule has 4 nitrogen and oxygen atoms in total. The minimum Gasteiger partial charge on any atom is -0.506 e. The highest BCUT2D eigenvalue weighted by Gasteiger charge is 2.34. The lowest BCUT2D eigenvalue weighted by molar-refractivity contribution is 0.113. The molecule has 0 unspecified atom stereocenters. The zero-order valence-electron chi connectivity index (χ0n) is 13.1. The number of rotatable bonds is 2. The van der Waals surface area contributed by atoms with Gasteiger partial charge in [-0.3, -0.25) is 9.69 Å². The Bertz CT molecular complexity index is 849. The smallest absolute Gasteiger partial charge is 0.250 e. The van der Waals surface area contributed by atoms with E-state index < -0.39 is 0 Å². The molecule has 2 aliphatic rings. The summed E-state index contributed by atoms with van der Waals surface area (Å²) in [5, 5.41) is 10.3. The Morgan fingerprint density at radius 1 is 1.17 bits per heavy atom. The minimum atomic E-state index is 0.115. The summed E-state index contributed by atoms with van der Waals surface area (Å²) >= 11 is 6.90. The van der Waals surface area contributed by atoms with Gasteiger partial charge in [-0.25, -0.2) is 0 Å². The molecule has 0 saturated carbocycles. The molecule has 1 saturated heterocycles. The van der Waals surface area contributed by atoms with Crippen LogP contribution in [0.3, 0.4) is 0 Å². The molecule has 0 radical (unpaired) electrons. The van der Waals surface area contributed by atoms with Gasteiger partial charge in [0.1, 0.15) is 5.75 Å². The number of benzene rings is 1. The van der Waals surface area contributed by atoms with Gasteiger partial charge in [-0.1, -0.05) is 22.0 Å². The van der Waals surface area contributed by atoms with Crippen LogP contribution in [0, 0.1) is 5.92 Å². The van der Waals surface area contributed by atoms with Crippen molar-refractivity contribution in [1.29, 1.82) is 0 Å². The summed E-state index contributed by atoms with van der Waals surface area (Å²) in [6, 6.07) is 9.43. The number of phenols is 1. The number of aromatic hydroxyl groups is 1. The first kappa shape index (κ1) is 16.4. The van der Waals surface area contributed by atoms with Crippen molar-refractivity contribution in [2.45, 2.75) is 25.4 Å². The van der Waals surface area contributed by atoms with E-state index in [9.17, 15) is 9.90 Å². The molecule has 0 aliphatic carbocycles. The summed E-state index contributed by atoms with van der Waals surface area (Å²) in [7, 11) is 0. The highest BCUT2D eigenvalue weighted by atomic mass is 79.9. The molecule has 0 amide bonds. The number of halogens is 2. The quantitative estimate of drug-likeness (QED) is 0.753. The van der Waals surface area contributed by atoms with E-state index in [0.717, 1.165) is 41.8 Å². The van der Waals surface area contributed by atoms with E-state index in [0.29, 0.717) is 28.6 Å². The Labute approximate surface area is 157 Å². The van der Waals surface area contributed by atoms with E-state index in [-0.39, 0.29) is 5.56 Å². The van der Waals surface area contributed by atoms with Crippen molar-refractivity contribution in [2.24, 2.45) is 5.92 Å². The first-order valence-corrected chi connectivity index (χ1v) is 9.69. The maximum absolute atomic E-state index is 12.1. The molecule has 2 aromatic rings. The maximum Gasteiger partial charge on any atom is 0.250 e. The van der Waals surface area contributed by atoms with E-state index in [2.05, 4.69) is 42.8 Å². The summed E-state index contributed by atoms with van der Waals surface area (Å²) < 4.78 is 3.61. The van der Waals surface area contributed by atoms with Crippen LogP contribution < -0.4 is 5.56 Å². The average molecular weight is 454 g/mol. The van der Waals surface area contributed by atoms with Crippen molar-refractivity contribution in [1.82, 2.24) is 9.47 Å². The zero-order valence-corrected chi connectivity index (χ0v) is 16.3. The molecule has 1 fully saturated rings. The number of fused-ring (bicyclic) bond motifs is 4. The molecule has 1 aromatic carbocycles. The minimum absolute atomic E-state index is 0.115. The van der Waals surface area contributed by atoms with Crippen molar-refractivity contribution in [3.63, 3.8) is 0 Å². The van der Waals surface area contributed by atoms with Gasteiger partial charge in [-0.2, -0.15) is 0 Å². The topological polar surface area (TPSA) is 45.5 Å². The first-order chi connectivity index (χ1) is 11.5. The molecule has 2 atom stereocenters. The van der Waals surface area contributed by atoms with E-state index in [4.69, 9.17) is 0 Å². The predicted molar refractivity (Wildman–Crippen MR) is 100 cm³/mol. The van der Waals surface area contributed by atoms with E-state index in [1.54, 1.807) is 6.07 Å². The molecular formula is C18H18Br2N2O2. The standard InChI is InChI=1S/C18H18Br2N2O2/c19-14-5-13(18(24)15(20)6-14)10-21-7-11-4-12(9-21)16-2-1-3-17(23)22(16)8-11/h1-3,5-6,11-12,24H,4,7-10H2/t11-,12+/m1/s1. The number of likely N-dealkylation sites (tertiary alicyclic amines) is 1. The molecule has 1 aromatic heterocycles. The lowest BCUT2D eigenvalue weighted by Gasteiger charge is -2.42. The number of phenolic OH excluding ortho intramolecular Hbond substituents is 1. The Morgan fingerprint density at radius 2 is 2.00 bits per heavy atom. The van der Waals surface area contributed by atoms with Crippen LogP contribution in [-0.2, 0) is 13.1 Å².